The Hall–Kier alpha value is -0.830. The Morgan fingerprint density at radius 3 is 2.75 bits per heavy atom. The van der Waals surface area contributed by atoms with Crippen molar-refractivity contribution >= 4 is 5.91 Å². The Morgan fingerprint density at radius 1 is 1.44 bits per heavy atom. The number of carbonyl (C=O) groups excluding carboxylic acids is 1. The third-order valence-electron chi connectivity index (χ3n) is 3.37. The molecule has 0 radical (unpaired) electrons. The molecule has 0 unspecified atom stereocenters. The highest BCUT2D eigenvalue weighted by Crippen LogP contribution is 2.21. The molecule has 1 aliphatic carbocycles. The molecule has 0 aromatic carbocycles. The zero-order chi connectivity index (χ0) is 11.8. The van der Waals surface area contributed by atoms with Crippen LogP contribution in [0.25, 0.3) is 0 Å². The van der Waals surface area contributed by atoms with Crippen molar-refractivity contribution in [2.45, 2.75) is 44.6 Å². The fourth-order valence-corrected chi connectivity index (χ4v) is 2.32. The van der Waals surface area contributed by atoms with E-state index in [-0.39, 0.29) is 5.91 Å². The minimum Gasteiger partial charge on any atom is -0.353 e. The largest absolute Gasteiger partial charge is 0.353 e. The van der Waals surface area contributed by atoms with Crippen LogP contribution in [-0.4, -0.2) is 37.0 Å². The fourth-order valence-electron chi connectivity index (χ4n) is 2.32. The van der Waals surface area contributed by atoms with Crippen LogP contribution in [0.2, 0.25) is 0 Å². The van der Waals surface area contributed by atoms with Crippen LogP contribution in [0.1, 0.15) is 38.5 Å². The van der Waals surface area contributed by atoms with Crippen molar-refractivity contribution in [2.24, 2.45) is 0 Å². The summed E-state index contributed by atoms with van der Waals surface area (Å²) in [4.78, 5) is 13.4. The summed E-state index contributed by atoms with van der Waals surface area (Å²) in [6, 6.07) is 0.767. The van der Waals surface area contributed by atoms with Crippen molar-refractivity contribution < 1.29 is 4.79 Å². The molecule has 0 atom stereocenters. The number of nitrogens with zero attached hydrogens (tertiary/aromatic N) is 1. The zero-order valence-electron chi connectivity index (χ0n) is 10.4. The van der Waals surface area contributed by atoms with Gasteiger partial charge in [0, 0.05) is 12.6 Å². The highest BCUT2D eigenvalue weighted by molar-refractivity contribution is 5.86. The minimum absolute atomic E-state index is 0.0691. The van der Waals surface area contributed by atoms with Gasteiger partial charge in [-0.1, -0.05) is 25.8 Å². The molecule has 1 rings (SSSR count). The molecule has 0 spiro atoms. The SMILES string of the molecule is C=CC(=O)NCCCN(C)C1CCCCC1. The quantitative estimate of drug-likeness (QED) is 0.552. The molecule has 0 aromatic heterocycles. The summed E-state index contributed by atoms with van der Waals surface area (Å²) < 4.78 is 0. The molecule has 3 nitrogen and oxygen atoms in total. The topological polar surface area (TPSA) is 32.3 Å². The fraction of sp³-hybridized carbons (Fsp3) is 0.769. The van der Waals surface area contributed by atoms with Crippen LogP contribution < -0.4 is 5.32 Å². The Morgan fingerprint density at radius 2 is 2.12 bits per heavy atom. The van der Waals surface area contributed by atoms with Crippen LogP contribution >= 0.6 is 0 Å². The maximum absolute atomic E-state index is 10.9. The number of rotatable bonds is 6. The number of hydrogen-bond acceptors (Lipinski definition) is 2. The van der Waals surface area contributed by atoms with Crippen molar-refractivity contribution in [3.05, 3.63) is 12.7 Å². The smallest absolute Gasteiger partial charge is 0.243 e. The second kappa shape index (κ2) is 7.44. The number of nitrogens with one attached hydrogen (secondary N) is 1. The lowest BCUT2D eigenvalue weighted by atomic mass is 9.94. The van der Waals surface area contributed by atoms with Crippen LogP contribution in [0, 0.1) is 0 Å². The van der Waals surface area contributed by atoms with Crippen molar-refractivity contribution in [3.63, 3.8) is 0 Å². The molecule has 1 amide bonds. The van der Waals surface area contributed by atoms with Crippen molar-refractivity contribution in [1.29, 1.82) is 0 Å². The van der Waals surface area contributed by atoms with Gasteiger partial charge in [0.15, 0.2) is 0 Å². The van der Waals surface area contributed by atoms with Crippen LogP contribution in [0.15, 0.2) is 12.7 Å². The molecular formula is C13H24N2O. The Balaban J connectivity index is 2.07. The van der Waals surface area contributed by atoms with E-state index >= 15 is 0 Å². The Labute approximate surface area is 98.9 Å². The molecule has 0 aliphatic heterocycles. The van der Waals surface area contributed by atoms with Gasteiger partial charge in [0.2, 0.25) is 5.91 Å². The van der Waals surface area contributed by atoms with Gasteiger partial charge < -0.3 is 10.2 Å². The molecule has 1 saturated carbocycles. The first-order valence-corrected chi connectivity index (χ1v) is 6.34. The second-order valence-corrected chi connectivity index (χ2v) is 4.62. The van der Waals surface area contributed by atoms with Crippen LogP contribution in [0.4, 0.5) is 0 Å². The minimum atomic E-state index is -0.0691. The van der Waals surface area contributed by atoms with E-state index in [4.69, 9.17) is 0 Å². The lowest BCUT2D eigenvalue weighted by molar-refractivity contribution is -0.116. The average Bonchev–Trinajstić information content (AvgIpc) is 2.35. The maximum atomic E-state index is 10.9. The van der Waals surface area contributed by atoms with Crippen molar-refractivity contribution in [1.82, 2.24) is 10.2 Å². The van der Waals surface area contributed by atoms with Crippen LogP contribution in [0.3, 0.4) is 0 Å². The maximum Gasteiger partial charge on any atom is 0.243 e. The second-order valence-electron chi connectivity index (χ2n) is 4.62. The molecule has 0 aromatic rings. The summed E-state index contributed by atoms with van der Waals surface area (Å²) in [5, 5.41) is 2.81. The molecule has 92 valence electrons. The van der Waals surface area contributed by atoms with Crippen LogP contribution in [-0.2, 0) is 4.79 Å². The predicted octanol–water partition coefficient (Wildman–Crippen LogP) is 1.94. The van der Waals surface area contributed by atoms with Crippen molar-refractivity contribution in [2.75, 3.05) is 20.1 Å². The zero-order valence-corrected chi connectivity index (χ0v) is 10.4. The third kappa shape index (κ3) is 4.79. The van der Waals surface area contributed by atoms with Gasteiger partial charge >= 0.3 is 0 Å². The summed E-state index contributed by atoms with van der Waals surface area (Å²) in [5.41, 5.74) is 0. The van der Waals surface area contributed by atoms with Gasteiger partial charge in [-0.2, -0.15) is 0 Å². The molecule has 16 heavy (non-hydrogen) atoms. The third-order valence-corrected chi connectivity index (χ3v) is 3.37. The first-order chi connectivity index (χ1) is 7.74. The predicted molar refractivity (Wildman–Crippen MR) is 67.3 cm³/mol. The summed E-state index contributed by atoms with van der Waals surface area (Å²) in [6.07, 6.45) is 9.19. The van der Waals surface area contributed by atoms with E-state index in [0.29, 0.717) is 0 Å². The first-order valence-electron chi connectivity index (χ1n) is 6.34. The van der Waals surface area contributed by atoms with E-state index in [1.807, 2.05) is 0 Å². The number of hydrogen-bond donors (Lipinski definition) is 1. The Bertz CT molecular complexity index is 222. The standard InChI is InChI=1S/C13H24N2O/c1-3-13(16)14-10-7-11-15(2)12-8-5-4-6-9-12/h3,12H,1,4-11H2,2H3,(H,14,16). The van der Waals surface area contributed by atoms with Gasteiger partial charge in [-0.3, -0.25) is 4.79 Å². The molecular weight excluding hydrogens is 200 g/mol. The number of amides is 1. The van der Waals surface area contributed by atoms with Gasteiger partial charge in [-0.05, 0) is 38.9 Å². The monoisotopic (exact) mass is 224 g/mol. The molecule has 1 N–H and O–H groups in total. The van der Waals surface area contributed by atoms with Crippen LogP contribution in [0.5, 0.6) is 0 Å². The summed E-state index contributed by atoms with van der Waals surface area (Å²) >= 11 is 0. The van der Waals surface area contributed by atoms with E-state index in [2.05, 4.69) is 23.8 Å². The summed E-state index contributed by atoms with van der Waals surface area (Å²) in [6.45, 7) is 5.25. The first kappa shape index (κ1) is 13.2. The van der Waals surface area contributed by atoms with Gasteiger partial charge in [0.1, 0.15) is 0 Å². The molecule has 0 bridgehead atoms. The lowest BCUT2D eigenvalue weighted by Gasteiger charge is -2.31. The summed E-state index contributed by atoms with van der Waals surface area (Å²) in [5.74, 6) is -0.0691. The lowest BCUT2D eigenvalue weighted by Crippen LogP contribution is -2.35. The van der Waals surface area contributed by atoms with E-state index in [0.717, 1.165) is 25.6 Å². The van der Waals surface area contributed by atoms with Crippen molar-refractivity contribution in [3.8, 4) is 0 Å². The number of carbonyl (C=O) groups is 1. The molecule has 0 saturated heterocycles. The van der Waals surface area contributed by atoms with Gasteiger partial charge in [-0.15, -0.1) is 0 Å². The average molecular weight is 224 g/mol. The summed E-state index contributed by atoms with van der Waals surface area (Å²) in [7, 11) is 2.20. The molecule has 3 heteroatoms. The Kier molecular flexibility index (Phi) is 6.16. The molecule has 1 aliphatic rings. The van der Waals surface area contributed by atoms with E-state index in [1.165, 1.54) is 38.2 Å². The van der Waals surface area contributed by atoms with E-state index in [1.54, 1.807) is 0 Å². The highest BCUT2D eigenvalue weighted by Gasteiger charge is 2.17. The van der Waals surface area contributed by atoms with Gasteiger partial charge in [0.25, 0.3) is 0 Å². The molecule has 1 fully saturated rings. The van der Waals surface area contributed by atoms with Gasteiger partial charge in [0.05, 0.1) is 0 Å². The van der Waals surface area contributed by atoms with E-state index in [9.17, 15) is 4.79 Å². The van der Waals surface area contributed by atoms with E-state index < -0.39 is 0 Å². The molecule has 0 heterocycles. The highest BCUT2D eigenvalue weighted by atomic mass is 16.1. The van der Waals surface area contributed by atoms with Gasteiger partial charge in [-0.25, -0.2) is 0 Å². The normalized spacial score (nSPS) is 17.4.